The van der Waals surface area contributed by atoms with E-state index in [2.05, 4.69) is 20.5 Å². The fraction of sp³-hybridized carbons (Fsp3) is 0.143. The summed E-state index contributed by atoms with van der Waals surface area (Å²) in [7, 11) is 1.65. The van der Waals surface area contributed by atoms with Gasteiger partial charge in [0.05, 0.1) is 6.26 Å². The van der Waals surface area contributed by atoms with Crippen LogP contribution in [0.15, 0.2) is 35.2 Å². The van der Waals surface area contributed by atoms with E-state index in [0.29, 0.717) is 16.8 Å². The standard InChI is InChI=1S/C14H11N5O3/c1-19-9-4-7-2-3-22-10(7)5-8(9)11(13(19)21)12(20)17-14-15-6-16-18-14/h2-6,11H,1H3,(H2,15,16,17,18,20)/t11-/m0/s1. The summed E-state index contributed by atoms with van der Waals surface area (Å²) < 4.78 is 5.36. The lowest BCUT2D eigenvalue weighted by atomic mass is 9.99. The second-order valence-corrected chi connectivity index (χ2v) is 5.02. The van der Waals surface area contributed by atoms with Crippen molar-refractivity contribution in [1.29, 1.82) is 0 Å². The Morgan fingerprint density at radius 2 is 2.32 bits per heavy atom. The maximum Gasteiger partial charge on any atom is 0.243 e. The molecular weight excluding hydrogens is 286 g/mol. The Hall–Kier alpha value is -3.16. The van der Waals surface area contributed by atoms with Crippen LogP contribution < -0.4 is 10.2 Å². The highest BCUT2D eigenvalue weighted by atomic mass is 16.3. The lowest BCUT2D eigenvalue weighted by Gasteiger charge is -2.10. The molecule has 2 aromatic heterocycles. The number of H-pyrrole nitrogens is 1. The molecule has 0 saturated carbocycles. The summed E-state index contributed by atoms with van der Waals surface area (Å²) in [5.74, 6) is -1.48. The Bertz CT molecular complexity index is 883. The summed E-state index contributed by atoms with van der Waals surface area (Å²) in [5.41, 5.74) is 1.96. The molecule has 1 atom stereocenters. The monoisotopic (exact) mass is 297 g/mol. The molecule has 0 saturated heterocycles. The van der Waals surface area contributed by atoms with Crippen molar-refractivity contribution >= 4 is 34.4 Å². The van der Waals surface area contributed by atoms with Gasteiger partial charge in [-0.1, -0.05) is 0 Å². The molecule has 0 radical (unpaired) electrons. The molecule has 1 aromatic carbocycles. The zero-order valence-electron chi connectivity index (χ0n) is 11.5. The van der Waals surface area contributed by atoms with Crippen molar-refractivity contribution in [2.75, 3.05) is 17.3 Å². The fourth-order valence-electron chi connectivity index (χ4n) is 2.69. The first-order valence-electron chi connectivity index (χ1n) is 6.60. The van der Waals surface area contributed by atoms with Gasteiger partial charge in [0.25, 0.3) is 0 Å². The van der Waals surface area contributed by atoms with E-state index in [1.54, 1.807) is 19.4 Å². The number of likely N-dealkylation sites (N-methyl/N-ethyl adjacent to an activating group) is 1. The van der Waals surface area contributed by atoms with E-state index in [1.807, 2.05) is 12.1 Å². The van der Waals surface area contributed by atoms with Gasteiger partial charge in [0.2, 0.25) is 17.8 Å². The topological polar surface area (TPSA) is 104 Å². The third kappa shape index (κ3) is 1.70. The lowest BCUT2D eigenvalue weighted by Crippen LogP contribution is -2.31. The Morgan fingerprint density at radius 3 is 3.09 bits per heavy atom. The third-order valence-electron chi connectivity index (χ3n) is 3.77. The van der Waals surface area contributed by atoms with Gasteiger partial charge in [-0.2, -0.15) is 10.1 Å². The first kappa shape index (κ1) is 12.6. The molecule has 3 aromatic rings. The second-order valence-electron chi connectivity index (χ2n) is 5.02. The number of hydrogen-bond acceptors (Lipinski definition) is 5. The van der Waals surface area contributed by atoms with E-state index in [9.17, 15) is 9.59 Å². The fourth-order valence-corrected chi connectivity index (χ4v) is 2.69. The van der Waals surface area contributed by atoms with Crippen LogP contribution in [0.2, 0.25) is 0 Å². The molecule has 2 N–H and O–H groups in total. The van der Waals surface area contributed by atoms with Crippen molar-refractivity contribution in [1.82, 2.24) is 15.2 Å². The molecule has 0 fully saturated rings. The molecule has 22 heavy (non-hydrogen) atoms. The average molecular weight is 297 g/mol. The largest absolute Gasteiger partial charge is 0.464 e. The molecule has 1 aliphatic rings. The van der Waals surface area contributed by atoms with Crippen LogP contribution in [0, 0.1) is 0 Å². The second kappa shape index (κ2) is 4.42. The molecule has 0 bridgehead atoms. The summed E-state index contributed by atoms with van der Waals surface area (Å²) >= 11 is 0. The van der Waals surface area contributed by atoms with Gasteiger partial charge in [-0.3, -0.25) is 14.9 Å². The zero-order valence-corrected chi connectivity index (χ0v) is 11.5. The van der Waals surface area contributed by atoms with Gasteiger partial charge >= 0.3 is 0 Å². The summed E-state index contributed by atoms with van der Waals surface area (Å²) in [6, 6.07) is 5.39. The van der Waals surface area contributed by atoms with E-state index < -0.39 is 11.8 Å². The smallest absolute Gasteiger partial charge is 0.243 e. The van der Waals surface area contributed by atoms with Gasteiger partial charge in [-0.15, -0.1) is 0 Å². The van der Waals surface area contributed by atoms with Gasteiger partial charge in [-0.25, -0.2) is 5.10 Å². The van der Waals surface area contributed by atoms with Crippen LogP contribution in [0.4, 0.5) is 11.6 Å². The lowest BCUT2D eigenvalue weighted by molar-refractivity contribution is -0.126. The Kier molecular flexibility index (Phi) is 2.52. The normalized spacial score (nSPS) is 17.0. The quantitative estimate of drug-likeness (QED) is 0.693. The molecule has 3 heterocycles. The highest BCUT2D eigenvalue weighted by Crippen LogP contribution is 2.39. The van der Waals surface area contributed by atoms with Crippen LogP contribution in [0.1, 0.15) is 11.5 Å². The highest BCUT2D eigenvalue weighted by Gasteiger charge is 2.41. The minimum Gasteiger partial charge on any atom is -0.464 e. The summed E-state index contributed by atoms with van der Waals surface area (Å²) in [6.45, 7) is 0. The van der Waals surface area contributed by atoms with E-state index in [-0.39, 0.29) is 11.9 Å². The van der Waals surface area contributed by atoms with Gasteiger partial charge < -0.3 is 9.32 Å². The summed E-state index contributed by atoms with van der Waals surface area (Å²) in [4.78, 5) is 30.2. The van der Waals surface area contributed by atoms with E-state index >= 15 is 0 Å². The molecule has 0 aliphatic carbocycles. The number of amides is 2. The first-order chi connectivity index (χ1) is 10.6. The van der Waals surface area contributed by atoms with Crippen LogP contribution in [0.5, 0.6) is 0 Å². The number of carbonyl (C=O) groups excluding carboxylic acids is 2. The number of furan rings is 1. The van der Waals surface area contributed by atoms with Gasteiger partial charge in [0.15, 0.2) is 0 Å². The predicted molar refractivity (Wildman–Crippen MR) is 77.4 cm³/mol. The molecule has 8 heteroatoms. The number of aromatic amines is 1. The Balaban J connectivity index is 1.77. The zero-order chi connectivity index (χ0) is 15.3. The maximum atomic E-state index is 12.4. The van der Waals surface area contributed by atoms with Crippen LogP contribution in [-0.2, 0) is 9.59 Å². The number of fused-ring (bicyclic) bond motifs is 2. The molecule has 4 rings (SSSR count). The molecule has 0 unspecified atom stereocenters. The first-order valence-corrected chi connectivity index (χ1v) is 6.60. The van der Waals surface area contributed by atoms with Crippen LogP contribution in [0.25, 0.3) is 11.0 Å². The van der Waals surface area contributed by atoms with Crippen molar-refractivity contribution in [2.45, 2.75) is 5.92 Å². The van der Waals surface area contributed by atoms with E-state index in [1.165, 1.54) is 11.2 Å². The van der Waals surface area contributed by atoms with E-state index in [4.69, 9.17) is 4.42 Å². The number of aromatic nitrogens is 3. The Labute approximate surface area is 124 Å². The highest BCUT2D eigenvalue weighted by molar-refractivity contribution is 6.20. The van der Waals surface area contributed by atoms with E-state index in [0.717, 1.165) is 5.39 Å². The number of rotatable bonds is 2. The average Bonchev–Trinajstić information content (AvgIpc) is 3.20. The third-order valence-corrected chi connectivity index (χ3v) is 3.77. The van der Waals surface area contributed by atoms with Crippen LogP contribution >= 0.6 is 0 Å². The number of nitrogens with one attached hydrogen (secondary N) is 2. The van der Waals surface area contributed by atoms with Crippen molar-refractivity contribution in [3.63, 3.8) is 0 Å². The number of hydrogen-bond donors (Lipinski definition) is 2. The van der Waals surface area contributed by atoms with Crippen LogP contribution in [0.3, 0.4) is 0 Å². The minimum atomic E-state index is -0.931. The van der Waals surface area contributed by atoms with Gasteiger partial charge in [-0.05, 0) is 18.2 Å². The predicted octanol–water partition coefficient (Wildman–Crippen LogP) is 1.25. The summed E-state index contributed by atoms with van der Waals surface area (Å²) in [6.07, 6.45) is 2.85. The Morgan fingerprint density at radius 1 is 1.45 bits per heavy atom. The molecule has 2 amide bonds. The minimum absolute atomic E-state index is 0.202. The van der Waals surface area contributed by atoms with Gasteiger partial charge in [0, 0.05) is 23.7 Å². The number of anilines is 2. The van der Waals surface area contributed by atoms with Crippen molar-refractivity contribution in [3.05, 3.63) is 36.4 Å². The van der Waals surface area contributed by atoms with Crippen molar-refractivity contribution < 1.29 is 14.0 Å². The van der Waals surface area contributed by atoms with Crippen molar-refractivity contribution in [3.8, 4) is 0 Å². The molecule has 0 spiro atoms. The maximum absolute atomic E-state index is 12.4. The number of nitrogens with zero attached hydrogens (tertiary/aromatic N) is 3. The molecule has 8 nitrogen and oxygen atoms in total. The molecule has 1 aliphatic heterocycles. The number of carbonyl (C=O) groups is 2. The number of benzene rings is 1. The molecule has 110 valence electrons. The molecular formula is C14H11N5O3. The van der Waals surface area contributed by atoms with Crippen molar-refractivity contribution in [2.24, 2.45) is 0 Å². The van der Waals surface area contributed by atoms with Crippen LogP contribution in [-0.4, -0.2) is 34.0 Å². The SMILES string of the molecule is CN1C(=O)[C@H](C(=O)Nc2ncn[nH]2)c2cc3occc3cc21. The van der Waals surface area contributed by atoms with Gasteiger partial charge in [0.1, 0.15) is 17.8 Å². The summed E-state index contributed by atoms with van der Waals surface area (Å²) in [5, 5.41) is 9.62.